The Bertz CT molecular complexity index is 551. The van der Waals surface area contributed by atoms with E-state index in [0.29, 0.717) is 6.61 Å². The van der Waals surface area contributed by atoms with Crippen LogP contribution in [0.15, 0.2) is 54.6 Å². The first-order valence-corrected chi connectivity index (χ1v) is 8.05. The molecule has 2 aromatic rings. The Morgan fingerprint density at radius 2 is 1.68 bits per heavy atom. The van der Waals surface area contributed by atoms with E-state index in [1.807, 2.05) is 37.3 Å². The van der Waals surface area contributed by atoms with E-state index in [2.05, 4.69) is 31.2 Å². The maximum Gasteiger partial charge on any atom is 0.0810 e. The lowest BCUT2D eigenvalue weighted by Gasteiger charge is -2.19. The number of benzene rings is 2. The van der Waals surface area contributed by atoms with Gasteiger partial charge in [0.1, 0.15) is 0 Å². The molecule has 0 saturated carbocycles. The zero-order valence-corrected chi connectivity index (χ0v) is 13.5. The molecule has 2 rings (SSSR count). The van der Waals surface area contributed by atoms with Crippen molar-refractivity contribution in [2.24, 2.45) is 0 Å². The second-order valence-electron chi connectivity index (χ2n) is 5.89. The summed E-state index contributed by atoms with van der Waals surface area (Å²) in [5, 5.41) is 10.2. The summed E-state index contributed by atoms with van der Waals surface area (Å²) in [4.78, 5) is 0. The van der Waals surface area contributed by atoms with Gasteiger partial charge in [0.15, 0.2) is 0 Å². The zero-order chi connectivity index (χ0) is 15.8. The second kappa shape index (κ2) is 8.72. The molecule has 2 heteroatoms. The van der Waals surface area contributed by atoms with Crippen LogP contribution in [0.1, 0.15) is 36.5 Å². The molecule has 1 N–H and O–H groups in total. The predicted octanol–water partition coefficient (Wildman–Crippen LogP) is 4.28. The van der Waals surface area contributed by atoms with Crippen molar-refractivity contribution in [3.8, 4) is 0 Å². The average molecular weight is 298 g/mol. The number of hydrogen-bond donors (Lipinski definition) is 1. The summed E-state index contributed by atoms with van der Waals surface area (Å²) in [6.45, 7) is 4.63. The number of rotatable bonds is 8. The lowest BCUT2D eigenvalue weighted by Crippen LogP contribution is -2.26. The highest BCUT2D eigenvalue weighted by molar-refractivity contribution is 5.25. The summed E-state index contributed by atoms with van der Waals surface area (Å²) in [7, 11) is 0. The monoisotopic (exact) mass is 298 g/mol. The molecule has 2 atom stereocenters. The Labute approximate surface area is 133 Å². The third kappa shape index (κ3) is 5.28. The van der Waals surface area contributed by atoms with Gasteiger partial charge in [-0.3, -0.25) is 0 Å². The van der Waals surface area contributed by atoms with Crippen molar-refractivity contribution in [2.45, 2.75) is 51.9 Å². The molecule has 0 aliphatic heterocycles. The van der Waals surface area contributed by atoms with Crippen LogP contribution in [0.25, 0.3) is 0 Å². The molecule has 22 heavy (non-hydrogen) atoms. The zero-order valence-electron chi connectivity index (χ0n) is 13.5. The van der Waals surface area contributed by atoms with Gasteiger partial charge in [0.25, 0.3) is 0 Å². The van der Waals surface area contributed by atoms with E-state index < -0.39 is 6.10 Å². The van der Waals surface area contributed by atoms with Crippen LogP contribution in [0, 0.1) is 6.92 Å². The number of aryl methyl sites for hydroxylation is 2. The van der Waals surface area contributed by atoms with Crippen LogP contribution in [-0.2, 0) is 17.8 Å². The van der Waals surface area contributed by atoms with E-state index in [1.54, 1.807) is 0 Å². The Balaban J connectivity index is 1.70. The molecular formula is C20H26O2. The van der Waals surface area contributed by atoms with Gasteiger partial charge in [0, 0.05) is 0 Å². The Morgan fingerprint density at radius 1 is 1.00 bits per heavy atom. The third-order valence-electron chi connectivity index (χ3n) is 4.10. The molecule has 0 radical (unpaired) electrons. The first-order valence-electron chi connectivity index (χ1n) is 8.05. The molecule has 2 aromatic carbocycles. The van der Waals surface area contributed by atoms with Gasteiger partial charge in [0.05, 0.1) is 18.8 Å². The second-order valence-corrected chi connectivity index (χ2v) is 5.89. The highest BCUT2D eigenvalue weighted by Crippen LogP contribution is 2.14. The minimum absolute atomic E-state index is 0.142. The van der Waals surface area contributed by atoms with Crippen LogP contribution in [-0.4, -0.2) is 17.3 Å². The van der Waals surface area contributed by atoms with Crippen molar-refractivity contribution in [1.29, 1.82) is 0 Å². The smallest absolute Gasteiger partial charge is 0.0810 e. The third-order valence-corrected chi connectivity index (χ3v) is 4.10. The maximum absolute atomic E-state index is 10.2. The van der Waals surface area contributed by atoms with Crippen molar-refractivity contribution in [3.63, 3.8) is 0 Å². The Morgan fingerprint density at radius 3 is 2.41 bits per heavy atom. The van der Waals surface area contributed by atoms with Crippen LogP contribution in [0.5, 0.6) is 0 Å². The van der Waals surface area contributed by atoms with Gasteiger partial charge >= 0.3 is 0 Å². The fourth-order valence-electron chi connectivity index (χ4n) is 2.54. The quantitative estimate of drug-likeness (QED) is 0.788. The van der Waals surface area contributed by atoms with E-state index in [4.69, 9.17) is 4.74 Å². The van der Waals surface area contributed by atoms with Crippen LogP contribution >= 0.6 is 0 Å². The largest absolute Gasteiger partial charge is 0.390 e. The molecule has 0 aliphatic carbocycles. The molecule has 0 bridgehead atoms. The van der Waals surface area contributed by atoms with Crippen molar-refractivity contribution in [1.82, 2.24) is 0 Å². The molecule has 0 aromatic heterocycles. The summed E-state index contributed by atoms with van der Waals surface area (Å²) in [6.07, 6.45) is 2.20. The van der Waals surface area contributed by atoms with Gasteiger partial charge in [-0.1, -0.05) is 54.6 Å². The van der Waals surface area contributed by atoms with Crippen molar-refractivity contribution in [3.05, 3.63) is 71.3 Å². The molecule has 118 valence electrons. The molecule has 2 nitrogen and oxygen atoms in total. The minimum atomic E-state index is -0.410. The van der Waals surface area contributed by atoms with E-state index in [9.17, 15) is 5.11 Å². The van der Waals surface area contributed by atoms with Crippen LogP contribution < -0.4 is 0 Å². The molecule has 0 fully saturated rings. The van der Waals surface area contributed by atoms with Gasteiger partial charge in [-0.15, -0.1) is 0 Å². The molecule has 0 aliphatic rings. The lowest BCUT2D eigenvalue weighted by molar-refractivity contribution is -0.0385. The van der Waals surface area contributed by atoms with Gasteiger partial charge in [-0.05, 0) is 49.8 Å². The fraction of sp³-hybridized carbons (Fsp3) is 0.400. The van der Waals surface area contributed by atoms with Gasteiger partial charge in [-0.25, -0.2) is 0 Å². The molecule has 0 spiro atoms. The summed E-state index contributed by atoms with van der Waals surface area (Å²) >= 11 is 0. The number of aliphatic hydroxyl groups is 1. The van der Waals surface area contributed by atoms with Gasteiger partial charge in [-0.2, -0.15) is 0 Å². The predicted molar refractivity (Wildman–Crippen MR) is 90.8 cm³/mol. The first kappa shape index (κ1) is 16.7. The molecule has 0 amide bonds. The van der Waals surface area contributed by atoms with Crippen molar-refractivity contribution in [2.75, 3.05) is 0 Å². The molecular weight excluding hydrogens is 272 g/mol. The van der Waals surface area contributed by atoms with Crippen LogP contribution in [0.3, 0.4) is 0 Å². The molecule has 0 heterocycles. The highest BCUT2D eigenvalue weighted by atomic mass is 16.5. The molecule has 0 unspecified atom stereocenters. The van der Waals surface area contributed by atoms with E-state index in [-0.39, 0.29) is 6.10 Å². The van der Waals surface area contributed by atoms with Gasteiger partial charge in [0.2, 0.25) is 0 Å². The topological polar surface area (TPSA) is 29.5 Å². The van der Waals surface area contributed by atoms with Crippen molar-refractivity contribution < 1.29 is 9.84 Å². The normalized spacial score (nSPS) is 13.8. The molecule has 0 saturated heterocycles. The fourth-order valence-corrected chi connectivity index (χ4v) is 2.54. The number of hydrogen-bond acceptors (Lipinski definition) is 2. The number of ether oxygens (including phenoxy) is 1. The standard InChI is InChI=1S/C20H26O2/c1-16-9-6-7-12-19(16)13-8-14-20(21)17(2)22-15-18-10-4-3-5-11-18/h3-7,9-12,17,20-21H,8,13-15H2,1-2H3/t17-,20-/m0/s1. The lowest BCUT2D eigenvalue weighted by atomic mass is 10.0. The van der Waals surface area contributed by atoms with E-state index in [1.165, 1.54) is 11.1 Å². The van der Waals surface area contributed by atoms with Crippen molar-refractivity contribution >= 4 is 0 Å². The summed E-state index contributed by atoms with van der Waals surface area (Å²) in [5.74, 6) is 0. The Kier molecular flexibility index (Phi) is 6.63. The highest BCUT2D eigenvalue weighted by Gasteiger charge is 2.14. The minimum Gasteiger partial charge on any atom is -0.390 e. The summed E-state index contributed by atoms with van der Waals surface area (Å²) in [5.41, 5.74) is 3.83. The maximum atomic E-state index is 10.2. The van der Waals surface area contributed by atoms with Crippen LogP contribution in [0.2, 0.25) is 0 Å². The number of aliphatic hydroxyl groups excluding tert-OH is 1. The SMILES string of the molecule is Cc1ccccc1CCC[C@H](O)[C@H](C)OCc1ccccc1. The Hall–Kier alpha value is -1.64. The summed E-state index contributed by atoms with van der Waals surface area (Å²) in [6, 6.07) is 18.5. The summed E-state index contributed by atoms with van der Waals surface area (Å²) < 4.78 is 5.77. The van der Waals surface area contributed by atoms with Gasteiger partial charge < -0.3 is 9.84 Å². The van der Waals surface area contributed by atoms with E-state index in [0.717, 1.165) is 24.8 Å². The van der Waals surface area contributed by atoms with E-state index >= 15 is 0 Å². The average Bonchev–Trinajstić information content (AvgIpc) is 2.55. The van der Waals surface area contributed by atoms with Crippen LogP contribution in [0.4, 0.5) is 0 Å². The first-order chi connectivity index (χ1) is 10.7.